The van der Waals surface area contributed by atoms with Crippen molar-refractivity contribution in [1.82, 2.24) is 9.99 Å². The molecule has 3 rings (SSSR count). The summed E-state index contributed by atoms with van der Waals surface area (Å²) in [5, 5.41) is 8.85. The number of benzene rings is 2. The van der Waals surface area contributed by atoms with Crippen LogP contribution >= 0.6 is 23.8 Å². The molecule has 0 spiro atoms. The molecular weight excluding hydrogens is 400 g/mol. The van der Waals surface area contributed by atoms with Gasteiger partial charge in [0.2, 0.25) is 0 Å². The van der Waals surface area contributed by atoms with Crippen molar-refractivity contribution in [3.8, 4) is 0 Å². The number of halogens is 1. The lowest BCUT2D eigenvalue weighted by Gasteiger charge is -2.15. The summed E-state index contributed by atoms with van der Waals surface area (Å²) in [7, 11) is 0. The third-order valence-electron chi connectivity index (χ3n) is 4.76. The summed E-state index contributed by atoms with van der Waals surface area (Å²) in [4.78, 5) is 0. The number of hydrazone groups is 1. The monoisotopic (exact) mass is 424 g/mol. The number of para-hydroxylation sites is 1. The second kappa shape index (κ2) is 10.2. The van der Waals surface area contributed by atoms with Crippen molar-refractivity contribution in [3.05, 3.63) is 88.2 Å². The number of nitrogens with one attached hydrogen (secondary N) is 2. The molecule has 0 atom stereocenters. The average Bonchev–Trinajstić information content (AvgIpc) is 3.16. The first kappa shape index (κ1) is 21.1. The zero-order valence-electron chi connectivity index (χ0n) is 16.7. The Balaban J connectivity index is 1.65. The van der Waals surface area contributed by atoms with E-state index in [0.717, 1.165) is 34.8 Å². The van der Waals surface area contributed by atoms with Gasteiger partial charge in [0.1, 0.15) is 0 Å². The maximum absolute atomic E-state index is 6.28. The molecular formula is C23H25ClN4S. The van der Waals surface area contributed by atoms with Crippen LogP contribution in [0, 0.1) is 0 Å². The van der Waals surface area contributed by atoms with E-state index < -0.39 is 0 Å². The van der Waals surface area contributed by atoms with Gasteiger partial charge in [0.05, 0.1) is 11.9 Å². The summed E-state index contributed by atoms with van der Waals surface area (Å²) >= 11 is 11.7. The Bertz CT molecular complexity index is 987. The first-order valence-electron chi connectivity index (χ1n) is 9.71. The van der Waals surface area contributed by atoms with E-state index in [1.165, 1.54) is 11.1 Å². The SMILES string of the molecule is CCc1cccc(CC)c1NC(=S)N/N=C/c1cccn1Cc1ccccc1Cl. The maximum Gasteiger partial charge on any atom is 0.191 e. The van der Waals surface area contributed by atoms with Crippen molar-refractivity contribution in [1.29, 1.82) is 0 Å². The fourth-order valence-corrected chi connectivity index (χ4v) is 3.55. The summed E-state index contributed by atoms with van der Waals surface area (Å²) in [5.41, 5.74) is 8.51. The van der Waals surface area contributed by atoms with Crippen molar-refractivity contribution >= 4 is 40.8 Å². The van der Waals surface area contributed by atoms with Gasteiger partial charge in [0.25, 0.3) is 0 Å². The Kier molecular flexibility index (Phi) is 7.44. The molecule has 6 heteroatoms. The molecule has 0 aliphatic carbocycles. The quantitative estimate of drug-likeness (QED) is 0.293. The molecule has 0 saturated carbocycles. The van der Waals surface area contributed by atoms with Crippen LogP contribution in [0.1, 0.15) is 36.2 Å². The number of thiocarbonyl (C=S) groups is 1. The third-order valence-corrected chi connectivity index (χ3v) is 5.33. The molecule has 4 nitrogen and oxygen atoms in total. The molecule has 2 N–H and O–H groups in total. The highest BCUT2D eigenvalue weighted by atomic mass is 35.5. The Labute approximate surface area is 182 Å². The van der Waals surface area contributed by atoms with E-state index in [9.17, 15) is 0 Å². The fourth-order valence-electron chi connectivity index (χ4n) is 3.20. The van der Waals surface area contributed by atoms with Gasteiger partial charge in [-0.1, -0.05) is 61.8 Å². The highest BCUT2D eigenvalue weighted by Gasteiger charge is 2.08. The molecule has 150 valence electrons. The molecule has 1 aromatic heterocycles. The molecule has 3 aromatic rings. The maximum atomic E-state index is 6.28. The molecule has 0 radical (unpaired) electrons. The average molecular weight is 425 g/mol. The lowest BCUT2D eigenvalue weighted by molar-refractivity contribution is 0.799. The van der Waals surface area contributed by atoms with Gasteiger partial charge in [-0.2, -0.15) is 5.10 Å². The van der Waals surface area contributed by atoms with Crippen molar-refractivity contribution in [2.24, 2.45) is 5.10 Å². The summed E-state index contributed by atoms with van der Waals surface area (Å²) in [5.74, 6) is 0. The molecule has 0 aliphatic rings. The molecule has 0 bridgehead atoms. The third kappa shape index (κ3) is 5.46. The summed E-state index contributed by atoms with van der Waals surface area (Å²) < 4.78 is 2.09. The van der Waals surface area contributed by atoms with Gasteiger partial charge in [-0.05, 0) is 59.9 Å². The Morgan fingerprint density at radius 2 is 1.69 bits per heavy atom. The van der Waals surface area contributed by atoms with E-state index in [4.69, 9.17) is 23.8 Å². The standard InChI is InChI=1S/C23H25ClN4S/c1-3-17-10-7-11-18(4-2)22(17)26-23(29)27-25-15-20-12-8-14-28(20)16-19-9-5-6-13-21(19)24/h5-15H,3-4,16H2,1-2H3,(H2,26,27,29)/b25-15+. The zero-order chi connectivity index (χ0) is 20.6. The molecule has 0 fully saturated rings. The highest BCUT2D eigenvalue weighted by molar-refractivity contribution is 7.80. The van der Waals surface area contributed by atoms with Crippen LogP contribution in [-0.2, 0) is 19.4 Å². The van der Waals surface area contributed by atoms with Gasteiger partial charge in [0, 0.05) is 23.5 Å². The predicted octanol–water partition coefficient (Wildman–Crippen LogP) is 5.64. The minimum Gasteiger partial charge on any atom is -0.342 e. The van der Waals surface area contributed by atoms with Crippen molar-refractivity contribution < 1.29 is 0 Å². The first-order chi connectivity index (χ1) is 14.1. The Morgan fingerprint density at radius 3 is 2.38 bits per heavy atom. The van der Waals surface area contributed by atoms with Gasteiger partial charge >= 0.3 is 0 Å². The van der Waals surface area contributed by atoms with Crippen LogP contribution in [0.15, 0.2) is 65.9 Å². The first-order valence-corrected chi connectivity index (χ1v) is 10.5. The van der Waals surface area contributed by atoms with Gasteiger partial charge in [0.15, 0.2) is 5.11 Å². The van der Waals surface area contributed by atoms with Crippen LogP contribution in [0.25, 0.3) is 0 Å². The number of anilines is 1. The minimum absolute atomic E-state index is 0.473. The van der Waals surface area contributed by atoms with Crippen molar-refractivity contribution in [2.45, 2.75) is 33.2 Å². The summed E-state index contributed by atoms with van der Waals surface area (Å²) in [6.45, 7) is 4.96. The minimum atomic E-state index is 0.473. The van der Waals surface area contributed by atoms with E-state index in [2.05, 4.69) is 52.5 Å². The summed E-state index contributed by atoms with van der Waals surface area (Å²) in [6, 6.07) is 18.2. The lowest BCUT2D eigenvalue weighted by atomic mass is 10.0. The Morgan fingerprint density at radius 1 is 1.00 bits per heavy atom. The number of aryl methyl sites for hydroxylation is 2. The number of hydrogen-bond donors (Lipinski definition) is 2. The van der Waals surface area contributed by atoms with Gasteiger partial charge in [-0.25, -0.2) is 0 Å². The van der Waals surface area contributed by atoms with Gasteiger partial charge in [-0.3, -0.25) is 5.43 Å². The molecule has 0 amide bonds. The van der Waals surface area contributed by atoms with E-state index in [1.807, 2.05) is 42.6 Å². The van der Waals surface area contributed by atoms with E-state index >= 15 is 0 Å². The second-order valence-electron chi connectivity index (χ2n) is 6.63. The van der Waals surface area contributed by atoms with E-state index in [1.54, 1.807) is 6.21 Å². The number of rotatable bonds is 7. The van der Waals surface area contributed by atoms with Crippen molar-refractivity contribution in [3.63, 3.8) is 0 Å². The fraction of sp³-hybridized carbons (Fsp3) is 0.217. The van der Waals surface area contributed by atoms with Crippen molar-refractivity contribution in [2.75, 3.05) is 5.32 Å². The van der Waals surface area contributed by atoms with Crippen LogP contribution in [-0.4, -0.2) is 15.9 Å². The van der Waals surface area contributed by atoms with Crippen LogP contribution in [0.2, 0.25) is 5.02 Å². The predicted molar refractivity (Wildman–Crippen MR) is 127 cm³/mol. The number of nitrogens with zero attached hydrogens (tertiary/aromatic N) is 2. The lowest BCUT2D eigenvalue weighted by Crippen LogP contribution is -2.25. The largest absolute Gasteiger partial charge is 0.342 e. The highest BCUT2D eigenvalue weighted by Crippen LogP contribution is 2.22. The molecule has 0 saturated heterocycles. The topological polar surface area (TPSA) is 41.4 Å². The number of aromatic nitrogens is 1. The molecule has 0 unspecified atom stereocenters. The summed E-state index contributed by atoms with van der Waals surface area (Å²) in [6.07, 6.45) is 5.65. The number of hydrogen-bond acceptors (Lipinski definition) is 2. The van der Waals surface area contributed by atoms with E-state index in [-0.39, 0.29) is 0 Å². The van der Waals surface area contributed by atoms with Crippen LogP contribution in [0.5, 0.6) is 0 Å². The van der Waals surface area contributed by atoms with Gasteiger partial charge < -0.3 is 9.88 Å². The molecule has 2 aromatic carbocycles. The van der Waals surface area contributed by atoms with Crippen LogP contribution in [0.4, 0.5) is 5.69 Å². The molecule has 0 aliphatic heterocycles. The Hall–Kier alpha value is -2.63. The van der Waals surface area contributed by atoms with Crippen LogP contribution < -0.4 is 10.7 Å². The smallest absolute Gasteiger partial charge is 0.191 e. The molecule has 29 heavy (non-hydrogen) atoms. The zero-order valence-corrected chi connectivity index (χ0v) is 18.2. The normalized spacial score (nSPS) is 11.0. The molecule has 1 heterocycles. The van der Waals surface area contributed by atoms with Gasteiger partial charge in [-0.15, -0.1) is 0 Å². The van der Waals surface area contributed by atoms with E-state index in [0.29, 0.717) is 11.7 Å². The van der Waals surface area contributed by atoms with Crippen LogP contribution in [0.3, 0.4) is 0 Å². The second-order valence-corrected chi connectivity index (χ2v) is 7.45.